The molecule has 3 amide bonds. The lowest BCUT2D eigenvalue weighted by Crippen LogP contribution is -2.35. The summed E-state index contributed by atoms with van der Waals surface area (Å²) in [7, 11) is 0. The minimum atomic E-state index is -0.405. The van der Waals surface area contributed by atoms with Crippen LogP contribution in [0.5, 0.6) is 5.75 Å². The van der Waals surface area contributed by atoms with E-state index in [-0.39, 0.29) is 17.4 Å². The van der Waals surface area contributed by atoms with Crippen LogP contribution in [0.15, 0.2) is 42.5 Å². The van der Waals surface area contributed by atoms with Gasteiger partial charge in [-0.05, 0) is 68.7 Å². The molecule has 0 N–H and O–H groups in total. The van der Waals surface area contributed by atoms with Gasteiger partial charge in [0.25, 0.3) is 17.7 Å². The first kappa shape index (κ1) is 18.2. The molecule has 0 aliphatic carbocycles. The lowest BCUT2D eigenvalue weighted by atomic mass is 10.0. The molecule has 1 fully saturated rings. The van der Waals surface area contributed by atoms with E-state index >= 15 is 0 Å². The maximum Gasteiger partial charge on any atom is 0.266 e. The Morgan fingerprint density at radius 2 is 1.61 bits per heavy atom. The van der Waals surface area contributed by atoms with Crippen molar-refractivity contribution in [2.45, 2.75) is 26.2 Å². The van der Waals surface area contributed by atoms with Gasteiger partial charge in [-0.3, -0.25) is 14.4 Å². The van der Waals surface area contributed by atoms with E-state index in [2.05, 4.69) is 0 Å². The Bertz CT molecular complexity index is 930. The molecule has 6 nitrogen and oxygen atoms in total. The quantitative estimate of drug-likeness (QED) is 0.764. The van der Waals surface area contributed by atoms with Crippen molar-refractivity contribution in [1.82, 2.24) is 4.90 Å². The second-order valence-electron chi connectivity index (χ2n) is 6.99. The number of hydrogen-bond donors (Lipinski definition) is 0. The van der Waals surface area contributed by atoms with Crippen LogP contribution < -0.4 is 9.64 Å². The van der Waals surface area contributed by atoms with E-state index in [9.17, 15) is 14.4 Å². The van der Waals surface area contributed by atoms with Gasteiger partial charge in [-0.15, -0.1) is 0 Å². The fourth-order valence-corrected chi connectivity index (χ4v) is 3.75. The number of rotatable bonds is 4. The van der Waals surface area contributed by atoms with Gasteiger partial charge < -0.3 is 9.64 Å². The van der Waals surface area contributed by atoms with E-state index in [1.165, 1.54) is 0 Å². The van der Waals surface area contributed by atoms with Crippen LogP contribution in [0.25, 0.3) is 0 Å². The second-order valence-corrected chi connectivity index (χ2v) is 6.99. The molecule has 2 aromatic rings. The van der Waals surface area contributed by atoms with Crippen molar-refractivity contribution in [3.63, 3.8) is 0 Å². The lowest BCUT2D eigenvalue weighted by Gasteiger charge is -2.26. The molecule has 2 aromatic carbocycles. The van der Waals surface area contributed by atoms with Crippen molar-refractivity contribution in [3.05, 3.63) is 59.2 Å². The molecule has 1 saturated heterocycles. The van der Waals surface area contributed by atoms with Gasteiger partial charge in [-0.1, -0.05) is 0 Å². The smallest absolute Gasteiger partial charge is 0.266 e. The van der Waals surface area contributed by atoms with Crippen molar-refractivity contribution < 1.29 is 19.1 Å². The van der Waals surface area contributed by atoms with E-state index in [1.54, 1.807) is 42.5 Å². The molecule has 28 heavy (non-hydrogen) atoms. The molecule has 0 atom stereocenters. The van der Waals surface area contributed by atoms with Crippen molar-refractivity contribution in [2.75, 3.05) is 24.6 Å². The van der Waals surface area contributed by atoms with Crippen molar-refractivity contribution in [2.24, 2.45) is 0 Å². The SMILES string of the molecule is CCOc1ccc(N2C(=O)c3ccc(C(=O)N4CCCCC4)cc3C2=O)cc1. The number of benzene rings is 2. The highest BCUT2D eigenvalue weighted by Gasteiger charge is 2.37. The molecule has 4 rings (SSSR count). The van der Waals surface area contributed by atoms with Crippen LogP contribution in [-0.4, -0.2) is 42.3 Å². The standard InChI is InChI=1S/C22H22N2O4/c1-2-28-17-9-7-16(8-10-17)24-21(26)18-11-6-15(14-19(18)22(24)27)20(25)23-12-4-3-5-13-23/h6-11,14H,2-5,12-13H2,1H3. The molecule has 0 radical (unpaired) electrons. The monoisotopic (exact) mass is 378 g/mol. The summed E-state index contributed by atoms with van der Waals surface area (Å²) in [5, 5.41) is 0. The third kappa shape index (κ3) is 3.15. The van der Waals surface area contributed by atoms with Crippen LogP contribution in [0, 0.1) is 0 Å². The first-order valence-electron chi connectivity index (χ1n) is 9.65. The Balaban J connectivity index is 1.61. The largest absolute Gasteiger partial charge is 0.494 e. The van der Waals surface area contributed by atoms with Gasteiger partial charge in [0, 0.05) is 18.7 Å². The number of likely N-dealkylation sites (tertiary alicyclic amines) is 1. The average molecular weight is 378 g/mol. The summed E-state index contributed by atoms with van der Waals surface area (Å²) < 4.78 is 5.41. The van der Waals surface area contributed by atoms with Crippen LogP contribution in [0.2, 0.25) is 0 Å². The molecule has 2 aliphatic heterocycles. The van der Waals surface area contributed by atoms with Crippen LogP contribution in [-0.2, 0) is 0 Å². The Morgan fingerprint density at radius 3 is 2.29 bits per heavy atom. The minimum absolute atomic E-state index is 0.0812. The topological polar surface area (TPSA) is 66.9 Å². The number of anilines is 1. The summed E-state index contributed by atoms with van der Waals surface area (Å²) in [5.41, 5.74) is 1.55. The number of fused-ring (bicyclic) bond motifs is 1. The fraction of sp³-hybridized carbons (Fsp3) is 0.318. The van der Waals surface area contributed by atoms with Gasteiger partial charge >= 0.3 is 0 Å². The van der Waals surface area contributed by atoms with Crippen LogP contribution in [0.3, 0.4) is 0 Å². The summed E-state index contributed by atoms with van der Waals surface area (Å²) in [6.07, 6.45) is 3.14. The molecule has 0 saturated carbocycles. The molecular weight excluding hydrogens is 356 g/mol. The molecule has 0 spiro atoms. The van der Waals surface area contributed by atoms with Crippen molar-refractivity contribution >= 4 is 23.4 Å². The van der Waals surface area contributed by atoms with Gasteiger partial charge in [-0.2, -0.15) is 0 Å². The van der Waals surface area contributed by atoms with E-state index in [1.807, 2.05) is 11.8 Å². The van der Waals surface area contributed by atoms with Crippen molar-refractivity contribution in [3.8, 4) is 5.75 Å². The van der Waals surface area contributed by atoms with E-state index in [0.717, 1.165) is 37.3 Å². The Kier molecular flexibility index (Phi) is 4.86. The first-order chi connectivity index (χ1) is 13.6. The fourth-order valence-electron chi connectivity index (χ4n) is 3.75. The number of imide groups is 1. The van der Waals surface area contributed by atoms with Gasteiger partial charge in [0.05, 0.1) is 23.4 Å². The predicted octanol–water partition coefficient (Wildman–Crippen LogP) is 3.51. The third-order valence-electron chi connectivity index (χ3n) is 5.18. The van der Waals surface area contributed by atoms with E-state index in [4.69, 9.17) is 4.74 Å². The summed E-state index contributed by atoms with van der Waals surface area (Å²) in [6, 6.07) is 11.6. The number of piperidine rings is 1. The Labute approximate surface area is 163 Å². The van der Waals surface area contributed by atoms with Crippen molar-refractivity contribution in [1.29, 1.82) is 0 Å². The molecule has 0 bridgehead atoms. The predicted molar refractivity (Wildman–Crippen MR) is 105 cm³/mol. The Morgan fingerprint density at radius 1 is 0.929 bits per heavy atom. The van der Waals surface area contributed by atoms with Gasteiger partial charge in [-0.25, -0.2) is 4.90 Å². The van der Waals surface area contributed by atoms with Gasteiger partial charge in [0.1, 0.15) is 5.75 Å². The highest BCUT2D eigenvalue weighted by Crippen LogP contribution is 2.30. The van der Waals surface area contributed by atoms with E-state index < -0.39 is 5.91 Å². The number of nitrogens with zero attached hydrogens (tertiary/aromatic N) is 2. The summed E-state index contributed by atoms with van der Waals surface area (Å²) >= 11 is 0. The molecular formula is C22H22N2O4. The maximum atomic E-state index is 12.9. The number of hydrogen-bond acceptors (Lipinski definition) is 4. The molecule has 6 heteroatoms. The highest BCUT2D eigenvalue weighted by atomic mass is 16.5. The van der Waals surface area contributed by atoms with Crippen LogP contribution >= 0.6 is 0 Å². The maximum absolute atomic E-state index is 12.9. The number of amides is 3. The lowest BCUT2D eigenvalue weighted by molar-refractivity contribution is 0.0724. The van der Waals surface area contributed by atoms with Crippen LogP contribution in [0.4, 0.5) is 5.69 Å². The molecule has 0 aromatic heterocycles. The highest BCUT2D eigenvalue weighted by molar-refractivity contribution is 6.34. The normalized spacial score (nSPS) is 16.3. The van der Waals surface area contributed by atoms with E-state index in [0.29, 0.717) is 29.2 Å². The molecule has 2 heterocycles. The molecule has 0 unspecified atom stereocenters. The van der Waals surface area contributed by atoms with Gasteiger partial charge in [0.15, 0.2) is 0 Å². The summed E-state index contributed by atoms with van der Waals surface area (Å²) in [4.78, 5) is 41.4. The zero-order valence-electron chi connectivity index (χ0n) is 15.8. The Hall–Kier alpha value is -3.15. The molecule has 2 aliphatic rings. The number of ether oxygens (including phenoxy) is 1. The zero-order chi connectivity index (χ0) is 19.7. The number of carbonyl (C=O) groups excluding carboxylic acids is 3. The zero-order valence-corrected chi connectivity index (χ0v) is 15.8. The molecule has 144 valence electrons. The third-order valence-corrected chi connectivity index (χ3v) is 5.18. The minimum Gasteiger partial charge on any atom is -0.494 e. The number of carbonyl (C=O) groups is 3. The van der Waals surface area contributed by atoms with Gasteiger partial charge in [0.2, 0.25) is 0 Å². The summed E-state index contributed by atoms with van der Waals surface area (Å²) in [6.45, 7) is 3.91. The summed E-state index contributed by atoms with van der Waals surface area (Å²) in [5.74, 6) is -0.182. The average Bonchev–Trinajstić information content (AvgIpc) is 2.99. The second kappa shape index (κ2) is 7.46. The first-order valence-corrected chi connectivity index (χ1v) is 9.65. The van der Waals surface area contributed by atoms with Crippen LogP contribution in [0.1, 0.15) is 57.3 Å².